The van der Waals surface area contributed by atoms with Gasteiger partial charge in [0.25, 0.3) is 0 Å². The minimum Gasteiger partial charge on any atom is -0.304 e. The molecule has 0 amide bonds. The van der Waals surface area contributed by atoms with Crippen molar-refractivity contribution in [2.45, 2.75) is 25.9 Å². The summed E-state index contributed by atoms with van der Waals surface area (Å²) in [6.07, 6.45) is 0. The highest BCUT2D eigenvalue weighted by atomic mass is 32.2. The first kappa shape index (κ1) is 12.7. The Bertz CT molecular complexity index is 319. The first-order valence-corrected chi connectivity index (χ1v) is 8.78. The van der Waals surface area contributed by atoms with Gasteiger partial charge in [0.2, 0.25) is 0 Å². The van der Waals surface area contributed by atoms with E-state index in [0.717, 1.165) is 5.01 Å². The molecule has 1 saturated heterocycles. The maximum absolute atomic E-state index is 4.54. The fourth-order valence-corrected chi connectivity index (χ4v) is 4.86. The molecule has 1 aromatic heterocycles. The molecule has 2 rings (SSSR count). The number of rotatable bonds is 3. The van der Waals surface area contributed by atoms with Crippen molar-refractivity contribution in [2.75, 3.05) is 23.0 Å². The Hall–Kier alpha value is 0.290. The number of hydrogen-bond acceptors (Lipinski definition) is 5. The average molecular weight is 274 g/mol. The van der Waals surface area contributed by atoms with Crippen LogP contribution in [0.4, 0.5) is 0 Å². The molecule has 16 heavy (non-hydrogen) atoms. The van der Waals surface area contributed by atoms with Gasteiger partial charge >= 0.3 is 0 Å². The van der Waals surface area contributed by atoms with Gasteiger partial charge in [-0.3, -0.25) is 0 Å². The zero-order valence-corrected chi connectivity index (χ0v) is 12.2. The molecule has 0 radical (unpaired) electrons. The molecule has 1 atom stereocenters. The maximum Gasteiger partial charge on any atom is 0.0898 e. The van der Waals surface area contributed by atoms with Gasteiger partial charge in [-0.15, -0.1) is 11.3 Å². The number of nitrogens with zero attached hydrogens (tertiary/aromatic N) is 1. The number of aryl methyl sites for hydroxylation is 1. The molecule has 0 aliphatic carbocycles. The number of nitrogens with one attached hydrogen (secondary N) is 1. The summed E-state index contributed by atoms with van der Waals surface area (Å²) in [5.41, 5.74) is 1.20. The smallest absolute Gasteiger partial charge is 0.0898 e. The first-order valence-electron chi connectivity index (χ1n) is 5.59. The van der Waals surface area contributed by atoms with E-state index in [1.807, 2.05) is 0 Å². The largest absolute Gasteiger partial charge is 0.304 e. The van der Waals surface area contributed by atoms with Crippen molar-refractivity contribution in [3.05, 3.63) is 16.1 Å². The van der Waals surface area contributed by atoms with Gasteiger partial charge in [0.05, 0.1) is 10.7 Å². The van der Waals surface area contributed by atoms with Crippen LogP contribution in [0.3, 0.4) is 0 Å². The Morgan fingerprint density at radius 3 is 2.62 bits per heavy atom. The first-order chi connectivity index (χ1) is 7.75. The van der Waals surface area contributed by atoms with Gasteiger partial charge in [-0.2, -0.15) is 23.5 Å². The van der Waals surface area contributed by atoms with Crippen LogP contribution < -0.4 is 5.32 Å². The highest BCUT2D eigenvalue weighted by Gasteiger charge is 2.17. The van der Waals surface area contributed by atoms with Crippen molar-refractivity contribution in [2.24, 2.45) is 0 Å². The number of thioether (sulfide) groups is 2. The molecule has 5 heteroatoms. The lowest BCUT2D eigenvalue weighted by Gasteiger charge is -2.20. The van der Waals surface area contributed by atoms with Crippen LogP contribution in [0, 0.1) is 6.92 Å². The van der Waals surface area contributed by atoms with Gasteiger partial charge in [-0.1, -0.05) is 0 Å². The zero-order valence-electron chi connectivity index (χ0n) is 9.73. The molecule has 1 aliphatic heterocycles. The van der Waals surface area contributed by atoms with Gasteiger partial charge < -0.3 is 5.32 Å². The van der Waals surface area contributed by atoms with Crippen LogP contribution in [0.25, 0.3) is 0 Å². The van der Waals surface area contributed by atoms with Crippen LogP contribution in [0.5, 0.6) is 0 Å². The normalized spacial score (nSPS) is 20.6. The van der Waals surface area contributed by atoms with Gasteiger partial charge in [0, 0.05) is 40.5 Å². The summed E-state index contributed by atoms with van der Waals surface area (Å²) in [5.74, 6) is 5.07. The van der Waals surface area contributed by atoms with E-state index in [2.05, 4.69) is 53.1 Å². The van der Waals surface area contributed by atoms with Crippen LogP contribution >= 0.6 is 34.9 Å². The van der Waals surface area contributed by atoms with Crippen LogP contribution in [0.2, 0.25) is 0 Å². The SMILES string of the molecule is Cc1nc(C(C)NC2CSCCSC2)cs1. The van der Waals surface area contributed by atoms with E-state index in [9.17, 15) is 0 Å². The Balaban J connectivity index is 1.88. The summed E-state index contributed by atoms with van der Waals surface area (Å²) in [5, 5.41) is 7.02. The molecule has 2 nitrogen and oxygen atoms in total. The van der Waals surface area contributed by atoms with E-state index < -0.39 is 0 Å². The van der Waals surface area contributed by atoms with E-state index in [0.29, 0.717) is 12.1 Å². The van der Waals surface area contributed by atoms with E-state index in [4.69, 9.17) is 0 Å². The van der Waals surface area contributed by atoms with E-state index in [-0.39, 0.29) is 0 Å². The maximum atomic E-state index is 4.54. The third-order valence-corrected chi connectivity index (χ3v) is 5.89. The lowest BCUT2D eigenvalue weighted by molar-refractivity contribution is 0.509. The molecule has 1 N–H and O–H groups in total. The lowest BCUT2D eigenvalue weighted by Crippen LogP contribution is -2.35. The third kappa shape index (κ3) is 3.65. The van der Waals surface area contributed by atoms with Crippen LogP contribution in [-0.4, -0.2) is 34.0 Å². The van der Waals surface area contributed by atoms with Crippen molar-refractivity contribution in [1.82, 2.24) is 10.3 Å². The molecule has 0 saturated carbocycles. The number of aromatic nitrogens is 1. The zero-order chi connectivity index (χ0) is 11.4. The van der Waals surface area contributed by atoms with E-state index in [1.54, 1.807) is 11.3 Å². The quantitative estimate of drug-likeness (QED) is 0.916. The van der Waals surface area contributed by atoms with Crippen molar-refractivity contribution in [3.63, 3.8) is 0 Å². The molecule has 90 valence electrons. The highest BCUT2D eigenvalue weighted by Crippen LogP contribution is 2.20. The molecule has 2 heterocycles. The van der Waals surface area contributed by atoms with Crippen molar-refractivity contribution < 1.29 is 0 Å². The summed E-state index contributed by atoms with van der Waals surface area (Å²) in [6, 6.07) is 1.02. The second-order valence-electron chi connectivity index (χ2n) is 4.03. The summed E-state index contributed by atoms with van der Waals surface area (Å²) < 4.78 is 0. The minimum atomic E-state index is 0.384. The molecule has 0 spiro atoms. The predicted molar refractivity (Wildman–Crippen MR) is 76.8 cm³/mol. The van der Waals surface area contributed by atoms with Crippen LogP contribution in [-0.2, 0) is 0 Å². The minimum absolute atomic E-state index is 0.384. The second kappa shape index (κ2) is 6.28. The highest BCUT2D eigenvalue weighted by molar-refractivity contribution is 8.03. The molecule has 1 aliphatic rings. The molecule has 1 unspecified atom stereocenters. The second-order valence-corrected chi connectivity index (χ2v) is 7.39. The Labute approximate surface area is 110 Å². The van der Waals surface area contributed by atoms with Crippen LogP contribution in [0.15, 0.2) is 5.38 Å². The monoisotopic (exact) mass is 274 g/mol. The molecular formula is C11H18N2S3. The molecule has 0 bridgehead atoms. The summed E-state index contributed by atoms with van der Waals surface area (Å²) in [4.78, 5) is 4.54. The summed E-state index contributed by atoms with van der Waals surface area (Å²) in [6.45, 7) is 4.28. The molecular weight excluding hydrogens is 256 g/mol. The standard InChI is InChI=1S/C11H18N2S3/c1-8(11-7-16-9(2)13-11)12-10-5-14-3-4-15-6-10/h7-8,10,12H,3-6H2,1-2H3. The fourth-order valence-electron chi connectivity index (χ4n) is 1.73. The average Bonchev–Trinajstić information content (AvgIpc) is 2.54. The van der Waals surface area contributed by atoms with Crippen molar-refractivity contribution in [1.29, 1.82) is 0 Å². The Morgan fingerprint density at radius 2 is 2.06 bits per heavy atom. The third-order valence-electron chi connectivity index (χ3n) is 2.58. The summed E-state index contributed by atoms with van der Waals surface area (Å²) in [7, 11) is 0. The topological polar surface area (TPSA) is 24.9 Å². The van der Waals surface area contributed by atoms with Gasteiger partial charge in [0.1, 0.15) is 0 Å². The Morgan fingerprint density at radius 1 is 1.38 bits per heavy atom. The number of hydrogen-bond donors (Lipinski definition) is 1. The van der Waals surface area contributed by atoms with E-state index in [1.165, 1.54) is 28.7 Å². The molecule has 1 aromatic rings. The molecule has 0 aromatic carbocycles. The fraction of sp³-hybridized carbons (Fsp3) is 0.727. The van der Waals surface area contributed by atoms with Gasteiger partial charge in [-0.05, 0) is 13.8 Å². The lowest BCUT2D eigenvalue weighted by atomic mass is 10.2. The molecule has 1 fully saturated rings. The van der Waals surface area contributed by atoms with Gasteiger partial charge in [0.15, 0.2) is 0 Å². The van der Waals surface area contributed by atoms with Gasteiger partial charge in [-0.25, -0.2) is 4.98 Å². The number of thiazole rings is 1. The summed E-state index contributed by atoms with van der Waals surface area (Å²) >= 11 is 5.87. The van der Waals surface area contributed by atoms with Crippen LogP contribution in [0.1, 0.15) is 23.7 Å². The van der Waals surface area contributed by atoms with Crippen molar-refractivity contribution in [3.8, 4) is 0 Å². The predicted octanol–water partition coefficient (Wildman–Crippen LogP) is 2.95. The van der Waals surface area contributed by atoms with E-state index >= 15 is 0 Å². The Kier molecular flexibility index (Phi) is 5.00. The van der Waals surface area contributed by atoms with Crippen molar-refractivity contribution >= 4 is 34.9 Å².